The summed E-state index contributed by atoms with van der Waals surface area (Å²) in [6, 6.07) is 16.6. The molecule has 34 heavy (non-hydrogen) atoms. The number of aliphatic hydroxyl groups is 1. The zero-order valence-electron chi connectivity index (χ0n) is 18.9. The van der Waals surface area contributed by atoms with Crippen LogP contribution in [0.3, 0.4) is 0 Å². The summed E-state index contributed by atoms with van der Waals surface area (Å²) in [5, 5.41) is 22.3. The maximum atomic E-state index is 13.4. The SMILES string of the molecule is Cc1cc(NC(=O)C(CC(OC=O)C2(O)c3ccccc3-c3ccccc32)[C@H]2CCCN2)no1. The molecule has 0 saturated carbocycles. The van der Waals surface area contributed by atoms with Crippen molar-refractivity contribution in [2.24, 2.45) is 5.92 Å². The molecule has 5 rings (SSSR count). The second-order valence-electron chi connectivity index (χ2n) is 8.94. The molecule has 0 bridgehead atoms. The van der Waals surface area contributed by atoms with Crippen molar-refractivity contribution in [1.29, 1.82) is 0 Å². The Kier molecular flexibility index (Phi) is 5.93. The number of nitrogens with one attached hydrogen (secondary N) is 2. The maximum absolute atomic E-state index is 13.4. The van der Waals surface area contributed by atoms with Crippen LogP contribution in [0.5, 0.6) is 0 Å². The molecule has 3 atom stereocenters. The van der Waals surface area contributed by atoms with Gasteiger partial charge in [-0.2, -0.15) is 0 Å². The molecule has 0 radical (unpaired) electrons. The van der Waals surface area contributed by atoms with Gasteiger partial charge in [0.25, 0.3) is 6.47 Å². The van der Waals surface area contributed by atoms with Crippen LogP contribution in [-0.2, 0) is 19.9 Å². The fourth-order valence-corrected chi connectivity index (χ4v) is 5.37. The monoisotopic (exact) mass is 461 g/mol. The highest BCUT2D eigenvalue weighted by Gasteiger charge is 2.50. The average molecular weight is 462 g/mol. The van der Waals surface area contributed by atoms with Crippen molar-refractivity contribution >= 4 is 18.2 Å². The van der Waals surface area contributed by atoms with E-state index in [-0.39, 0.29) is 18.4 Å². The Bertz CT molecular complexity index is 1150. The van der Waals surface area contributed by atoms with Crippen LogP contribution >= 0.6 is 0 Å². The Morgan fingerprint density at radius 1 is 1.26 bits per heavy atom. The van der Waals surface area contributed by atoms with Crippen LogP contribution < -0.4 is 10.6 Å². The molecule has 1 fully saturated rings. The molecule has 2 aromatic carbocycles. The third-order valence-corrected chi connectivity index (χ3v) is 6.92. The number of carbonyl (C=O) groups is 2. The minimum absolute atomic E-state index is 0.123. The zero-order chi connectivity index (χ0) is 23.7. The molecule has 2 aliphatic rings. The number of ether oxygens (including phenoxy) is 1. The van der Waals surface area contributed by atoms with Crippen LogP contribution in [0.4, 0.5) is 5.82 Å². The normalized spacial score (nSPS) is 19.6. The summed E-state index contributed by atoms with van der Waals surface area (Å²) in [7, 11) is 0. The number of anilines is 1. The van der Waals surface area contributed by atoms with E-state index in [1.807, 2.05) is 48.5 Å². The molecule has 0 spiro atoms. The molecule has 2 unspecified atom stereocenters. The molecule has 1 amide bonds. The predicted molar refractivity (Wildman–Crippen MR) is 125 cm³/mol. The van der Waals surface area contributed by atoms with Crippen molar-refractivity contribution in [3.63, 3.8) is 0 Å². The van der Waals surface area contributed by atoms with Crippen LogP contribution in [0, 0.1) is 12.8 Å². The van der Waals surface area contributed by atoms with Gasteiger partial charge < -0.3 is 25.0 Å². The van der Waals surface area contributed by atoms with Crippen LogP contribution in [0.1, 0.15) is 36.1 Å². The molecule has 1 aliphatic carbocycles. The lowest BCUT2D eigenvalue weighted by molar-refractivity contribution is -0.150. The number of nitrogens with zero attached hydrogens (tertiary/aromatic N) is 1. The second-order valence-corrected chi connectivity index (χ2v) is 8.94. The lowest BCUT2D eigenvalue weighted by Gasteiger charge is -2.36. The molecule has 8 nitrogen and oxygen atoms in total. The fraction of sp³-hybridized carbons (Fsp3) is 0.346. The molecule has 3 aromatic rings. The number of hydrogen-bond donors (Lipinski definition) is 3. The number of aromatic nitrogens is 1. The van der Waals surface area contributed by atoms with Gasteiger partial charge in [0.1, 0.15) is 11.9 Å². The van der Waals surface area contributed by atoms with Crippen LogP contribution in [-0.4, -0.2) is 41.3 Å². The quantitative estimate of drug-likeness (QED) is 0.442. The predicted octanol–water partition coefficient (Wildman–Crippen LogP) is 3.14. The van der Waals surface area contributed by atoms with Crippen LogP contribution in [0.15, 0.2) is 59.1 Å². The van der Waals surface area contributed by atoms with Gasteiger partial charge >= 0.3 is 0 Å². The molecule has 1 saturated heterocycles. The van der Waals surface area contributed by atoms with E-state index in [9.17, 15) is 14.7 Å². The Morgan fingerprint density at radius 2 is 1.94 bits per heavy atom. The van der Waals surface area contributed by atoms with Gasteiger partial charge in [-0.25, -0.2) is 0 Å². The maximum Gasteiger partial charge on any atom is 0.293 e. The van der Waals surface area contributed by atoms with E-state index >= 15 is 0 Å². The highest BCUT2D eigenvalue weighted by molar-refractivity contribution is 5.92. The van der Waals surface area contributed by atoms with Gasteiger partial charge in [-0.05, 0) is 48.6 Å². The first kappa shape index (κ1) is 22.3. The van der Waals surface area contributed by atoms with Gasteiger partial charge in [0.2, 0.25) is 5.91 Å². The summed E-state index contributed by atoms with van der Waals surface area (Å²) in [5.41, 5.74) is 1.51. The number of carbonyl (C=O) groups excluding carboxylic acids is 2. The van der Waals surface area contributed by atoms with Crippen LogP contribution in [0.25, 0.3) is 11.1 Å². The molecular weight excluding hydrogens is 434 g/mol. The molecular formula is C26H27N3O5. The number of benzene rings is 2. The first-order valence-electron chi connectivity index (χ1n) is 11.5. The second kappa shape index (κ2) is 9.04. The van der Waals surface area contributed by atoms with Crippen molar-refractivity contribution in [1.82, 2.24) is 10.5 Å². The molecule has 2 heterocycles. The van der Waals surface area contributed by atoms with Crippen molar-refractivity contribution in [2.45, 2.75) is 43.9 Å². The summed E-state index contributed by atoms with van der Waals surface area (Å²) in [5.74, 6) is 0.0684. The molecule has 3 N–H and O–H groups in total. The van der Waals surface area contributed by atoms with Gasteiger partial charge in [-0.1, -0.05) is 53.7 Å². The summed E-state index contributed by atoms with van der Waals surface area (Å²) in [6.07, 6.45) is 0.882. The van der Waals surface area contributed by atoms with E-state index in [1.165, 1.54) is 0 Å². The van der Waals surface area contributed by atoms with Gasteiger partial charge in [0.05, 0.1) is 5.92 Å². The van der Waals surface area contributed by atoms with Gasteiger partial charge in [-0.3, -0.25) is 9.59 Å². The van der Waals surface area contributed by atoms with E-state index in [4.69, 9.17) is 9.26 Å². The van der Waals surface area contributed by atoms with Gasteiger partial charge in [0.15, 0.2) is 11.4 Å². The van der Waals surface area contributed by atoms with Gasteiger partial charge in [-0.15, -0.1) is 0 Å². The molecule has 1 aliphatic heterocycles. The van der Waals surface area contributed by atoms with Crippen molar-refractivity contribution in [2.75, 3.05) is 11.9 Å². The Labute approximate surface area is 197 Å². The number of hydrogen-bond acceptors (Lipinski definition) is 7. The van der Waals surface area contributed by atoms with E-state index in [0.29, 0.717) is 29.2 Å². The third kappa shape index (κ3) is 3.78. The number of rotatable bonds is 8. The first-order valence-corrected chi connectivity index (χ1v) is 11.5. The number of fused-ring (bicyclic) bond motifs is 3. The standard InChI is InChI=1S/C26H27N3O5/c1-16-13-24(29-34-16)28-25(31)19(22-11-6-12-27-22)14-23(33-15-30)26(32)20-9-4-2-7-17(20)18-8-3-5-10-21(18)26/h2-5,7-10,13,15,19,22-23,27,32H,6,11-12,14H2,1H3,(H,28,29,31)/t19?,22-,23?/m1/s1. The van der Waals surface area contributed by atoms with Crippen molar-refractivity contribution in [3.05, 3.63) is 71.5 Å². The smallest absolute Gasteiger partial charge is 0.293 e. The Hall–Kier alpha value is -3.49. The Morgan fingerprint density at radius 3 is 2.50 bits per heavy atom. The minimum Gasteiger partial charge on any atom is -0.461 e. The van der Waals surface area contributed by atoms with E-state index in [0.717, 1.165) is 30.5 Å². The fourth-order valence-electron chi connectivity index (χ4n) is 5.37. The topological polar surface area (TPSA) is 114 Å². The van der Waals surface area contributed by atoms with Crippen LogP contribution in [0.2, 0.25) is 0 Å². The third-order valence-electron chi connectivity index (χ3n) is 6.92. The highest BCUT2D eigenvalue weighted by atomic mass is 16.5. The van der Waals surface area contributed by atoms with Crippen molar-refractivity contribution in [3.8, 4) is 11.1 Å². The first-order chi connectivity index (χ1) is 16.5. The molecule has 8 heteroatoms. The molecule has 176 valence electrons. The zero-order valence-corrected chi connectivity index (χ0v) is 18.9. The molecule has 1 aromatic heterocycles. The average Bonchev–Trinajstić information content (AvgIpc) is 3.58. The Balaban J connectivity index is 1.52. The minimum atomic E-state index is -1.59. The highest BCUT2D eigenvalue weighted by Crippen LogP contribution is 2.51. The van der Waals surface area contributed by atoms with E-state index in [2.05, 4.69) is 15.8 Å². The largest absolute Gasteiger partial charge is 0.461 e. The number of amides is 1. The lowest BCUT2D eigenvalue weighted by atomic mass is 9.79. The summed E-state index contributed by atoms with van der Waals surface area (Å²) in [4.78, 5) is 25.0. The summed E-state index contributed by atoms with van der Waals surface area (Å²) < 4.78 is 10.6. The summed E-state index contributed by atoms with van der Waals surface area (Å²) in [6.45, 7) is 2.90. The van der Waals surface area contributed by atoms with Gasteiger partial charge in [0, 0.05) is 18.5 Å². The number of aryl methyl sites for hydroxylation is 1. The lowest BCUT2D eigenvalue weighted by Crippen LogP contribution is -2.47. The van der Waals surface area contributed by atoms with Crippen molar-refractivity contribution < 1.29 is 24.0 Å². The summed E-state index contributed by atoms with van der Waals surface area (Å²) >= 11 is 0. The van der Waals surface area contributed by atoms with E-state index in [1.54, 1.807) is 13.0 Å². The van der Waals surface area contributed by atoms with E-state index < -0.39 is 17.6 Å².